The monoisotopic (exact) mass is 362 g/mol. The SMILES string of the molecule is CC(C)(C)OC(=O)N[C@H](Cc1ccccc1)C(=O)OC1CC(=O)NC1=O. The first kappa shape index (κ1) is 19.4. The highest BCUT2D eigenvalue weighted by molar-refractivity contribution is 6.05. The number of hydrogen-bond acceptors (Lipinski definition) is 6. The standard InChI is InChI=1S/C18H22N2O6/c1-18(2,3)26-17(24)19-12(9-11-7-5-4-6-8-11)16(23)25-13-10-14(21)20-15(13)22/h4-8,12-13H,9-10H2,1-3H3,(H,19,24)(H,20,21,22)/t12-,13?/m1/s1. The third kappa shape index (κ3) is 5.87. The summed E-state index contributed by atoms with van der Waals surface area (Å²) in [5.74, 6) is -1.99. The summed E-state index contributed by atoms with van der Waals surface area (Å²) in [5.41, 5.74) is 0.0562. The number of amides is 3. The predicted octanol–water partition coefficient (Wildman–Crippen LogP) is 1.08. The van der Waals surface area contributed by atoms with E-state index in [-0.39, 0.29) is 12.8 Å². The van der Waals surface area contributed by atoms with Crippen molar-refractivity contribution in [3.63, 3.8) is 0 Å². The minimum absolute atomic E-state index is 0.154. The van der Waals surface area contributed by atoms with Crippen LogP contribution in [0.15, 0.2) is 30.3 Å². The molecule has 1 aromatic carbocycles. The Morgan fingerprint density at radius 1 is 1.23 bits per heavy atom. The number of rotatable bonds is 5. The summed E-state index contributed by atoms with van der Waals surface area (Å²) in [4.78, 5) is 47.3. The summed E-state index contributed by atoms with van der Waals surface area (Å²) in [6.45, 7) is 5.10. The third-order valence-electron chi connectivity index (χ3n) is 3.44. The van der Waals surface area contributed by atoms with E-state index in [4.69, 9.17) is 9.47 Å². The van der Waals surface area contributed by atoms with Crippen LogP contribution < -0.4 is 10.6 Å². The molecule has 0 aliphatic carbocycles. The minimum Gasteiger partial charge on any atom is -0.450 e. The normalized spacial score (nSPS) is 18.0. The zero-order chi connectivity index (χ0) is 19.3. The van der Waals surface area contributed by atoms with E-state index in [0.29, 0.717) is 0 Å². The molecule has 1 saturated heterocycles. The van der Waals surface area contributed by atoms with Gasteiger partial charge in [0.15, 0.2) is 6.10 Å². The Kier molecular flexibility index (Phi) is 5.97. The number of ether oxygens (including phenoxy) is 2. The van der Waals surface area contributed by atoms with Crippen molar-refractivity contribution in [2.75, 3.05) is 0 Å². The van der Waals surface area contributed by atoms with Crippen molar-refractivity contribution in [1.29, 1.82) is 0 Å². The quantitative estimate of drug-likeness (QED) is 0.599. The number of alkyl carbamates (subject to hydrolysis) is 1. The van der Waals surface area contributed by atoms with Crippen molar-refractivity contribution >= 4 is 23.9 Å². The maximum absolute atomic E-state index is 12.5. The van der Waals surface area contributed by atoms with Crippen molar-refractivity contribution in [3.05, 3.63) is 35.9 Å². The molecule has 2 rings (SSSR count). The van der Waals surface area contributed by atoms with Crippen LogP contribution in [0.1, 0.15) is 32.8 Å². The molecule has 1 unspecified atom stereocenters. The van der Waals surface area contributed by atoms with E-state index < -0.39 is 41.6 Å². The van der Waals surface area contributed by atoms with E-state index in [1.165, 1.54) is 0 Å². The first-order valence-electron chi connectivity index (χ1n) is 8.21. The highest BCUT2D eigenvalue weighted by atomic mass is 16.6. The molecular weight excluding hydrogens is 340 g/mol. The summed E-state index contributed by atoms with van der Waals surface area (Å²) < 4.78 is 10.3. The van der Waals surface area contributed by atoms with Crippen LogP contribution in [0.4, 0.5) is 4.79 Å². The van der Waals surface area contributed by atoms with Gasteiger partial charge in [-0.15, -0.1) is 0 Å². The van der Waals surface area contributed by atoms with E-state index in [1.54, 1.807) is 45.0 Å². The molecule has 2 N–H and O–H groups in total. The lowest BCUT2D eigenvalue weighted by molar-refractivity contribution is -0.156. The molecule has 1 aliphatic rings. The second-order valence-corrected chi connectivity index (χ2v) is 6.93. The molecule has 0 saturated carbocycles. The topological polar surface area (TPSA) is 111 Å². The highest BCUT2D eigenvalue weighted by Crippen LogP contribution is 2.12. The summed E-state index contributed by atoms with van der Waals surface area (Å²) in [6.07, 6.45) is -2.04. The van der Waals surface area contributed by atoms with Crippen molar-refractivity contribution in [3.8, 4) is 0 Å². The maximum atomic E-state index is 12.5. The van der Waals surface area contributed by atoms with E-state index in [2.05, 4.69) is 10.6 Å². The van der Waals surface area contributed by atoms with Gasteiger partial charge in [0.2, 0.25) is 5.91 Å². The first-order valence-corrected chi connectivity index (χ1v) is 8.21. The Hall–Kier alpha value is -2.90. The number of carbonyl (C=O) groups excluding carboxylic acids is 4. The van der Waals surface area contributed by atoms with Crippen LogP contribution in [-0.2, 0) is 30.3 Å². The summed E-state index contributed by atoms with van der Waals surface area (Å²) >= 11 is 0. The Morgan fingerprint density at radius 3 is 2.42 bits per heavy atom. The molecule has 8 heteroatoms. The van der Waals surface area contributed by atoms with Gasteiger partial charge in [0, 0.05) is 6.42 Å². The third-order valence-corrected chi connectivity index (χ3v) is 3.44. The first-order chi connectivity index (χ1) is 12.1. The molecule has 1 aliphatic heterocycles. The van der Waals surface area contributed by atoms with E-state index >= 15 is 0 Å². The molecule has 0 radical (unpaired) electrons. The molecule has 0 spiro atoms. The lowest BCUT2D eigenvalue weighted by Gasteiger charge is -2.23. The summed E-state index contributed by atoms with van der Waals surface area (Å²) in [6, 6.07) is 7.96. The smallest absolute Gasteiger partial charge is 0.408 e. The molecule has 0 aromatic heterocycles. The van der Waals surface area contributed by atoms with Crippen LogP contribution in [0, 0.1) is 0 Å². The predicted molar refractivity (Wildman–Crippen MR) is 91.0 cm³/mol. The number of benzene rings is 1. The van der Waals surface area contributed by atoms with Gasteiger partial charge >= 0.3 is 12.1 Å². The summed E-state index contributed by atoms with van der Waals surface area (Å²) in [5, 5.41) is 4.54. The van der Waals surface area contributed by atoms with Crippen LogP contribution in [-0.4, -0.2) is 41.6 Å². The Morgan fingerprint density at radius 2 is 1.88 bits per heavy atom. The molecule has 140 valence electrons. The number of esters is 1. The van der Waals surface area contributed by atoms with Gasteiger partial charge in [-0.05, 0) is 26.3 Å². The second-order valence-electron chi connectivity index (χ2n) is 6.93. The number of imide groups is 1. The zero-order valence-corrected chi connectivity index (χ0v) is 14.9. The Balaban J connectivity index is 2.08. The van der Waals surface area contributed by atoms with E-state index in [9.17, 15) is 19.2 Å². The molecule has 2 atom stereocenters. The molecule has 3 amide bonds. The average molecular weight is 362 g/mol. The molecule has 26 heavy (non-hydrogen) atoms. The zero-order valence-electron chi connectivity index (χ0n) is 14.9. The molecule has 0 bridgehead atoms. The summed E-state index contributed by atoms with van der Waals surface area (Å²) in [7, 11) is 0. The fourth-order valence-electron chi connectivity index (χ4n) is 2.34. The van der Waals surface area contributed by atoms with Crippen molar-refractivity contribution in [2.45, 2.75) is 51.4 Å². The van der Waals surface area contributed by atoms with E-state index in [1.807, 2.05) is 6.07 Å². The van der Waals surface area contributed by atoms with Crippen molar-refractivity contribution in [2.24, 2.45) is 0 Å². The highest BCUT2D eigenvalue weighted by Gasteiger charge is 2.36. The Labute approximate surface area is 151 Å². The van der Waals surface area contributed by atoms with Gasteiger partial charge in [0.05, 0.1) is 6.42 Å². The van der Waals surface area contributed by atoms with Crippen LogP contribution >= 0.6 is 0 Å². The van der Waals surface area contributed by atoms with Gasteiger partial charge in [0.25, 0.3) is 5.91 Å². The van der Waals surface area contributed by atoms with Gasteiger partial charge in [-0.3, -0.25) is 14.9 Å². The number of hydrogen-bond donors (Lipinski definition) is 2. The average Bonchev–Trinajstić information content (AvgIpc) is 2.83. The number of nitrogens with one attached hydrogen (secondary N) is 2. The van der Waals surface area contributed by atoms with Crippen LogP contribution in [0.2, 0.25) is 0 Å². The largest absolute Gasteiger partial charge is 0.450 e. The lowest BCUT2D eigenvalue weighted by Crippen LogP contribution is -2.46. The molecule has 1 fully saturated rings. The van der Waals surface area contributed by atoms with Gasteiger partial charge in [-0.1, -0.05) is 30.3 Å². The van der Waals surface area contributed by atoms with E-state index in [0.717, 1.165) is 5.56 Å². The van der Waals surface area contributed by atoms with Crippen LogP contribution in [0.25, 0.3) is 0 Å². The van der Waals surface area contributed by atoms with Gasteiger partial charge in [-0.25, -0.2) is 9.59 Å². The van der Waals surface area contributed by atoms with Crippen LogP contribution in [0.3, 0.4) is 0 Å². The van der Waals surface area contributed by atoms with Gasteiger partial charge in [0.1, 0.15) is 11.6 Å². The maximum Gasteiger partial charge on any atom is 0.408 e. The Bertz CT molecular complexity index is 695. The fourth-order valence-corrected chi connectivity index (χ4v) is 2.34. The second kappa shape index (κ2) is 7.99. The number of carbonyl (C=O) groups is 4. The van der Waals surface area contributed by atoms with Gasteiger partial charge in [-0.2, -0.15) is 0 Å². The van der Waals surface area contributed by atoms with Crippen molar-refractivity contribution < 1.29 is 28.7 Å². The molecule has 8 nitrogen and oxygen atoms in total. The van der Waals surface area contributed by atoms with Gasteiger partial charge < -0.3 is 14.8 Å². The molecule has 1 heterocycles. The lowest BCUT2D eigenvalue weighted by atomic mass is 10.1. The molecule has 1 aromatic rings. The van der Waals surface area contributed by atoms with Crippen LogP contribution in [0.5, 0.6) is 0 Å². The molecular formula is C18H22N2O6. The fraction of sp³-hybridized carbons (Fsp3) is 0.444. The minimum atomic E-state index is -1.19. The van der Waals surface area contributed by atoms with Crippen molar-refractivity contribution in [1.82, 2.24) is 10.6 Å².